The van der Waals surface area contributed by atoms with Crippen LogP contribution in [0.5, 0.6) is 0 Å². The SMILES string of the molecule is COC(=O)[C@@H]1CCCCN1Cc1cc(=O)n2nc(C)sc2n1. The van der Waals surface area contributed by atoms with E-state index in [0.717, 1.165) is 30.8 Å². The second-order valence-electron chi connectivity index (χ2n) is 5.41. The summed E-state index contributed by atoms with van der Waals surface area (Å²) in [5.41, 5.74) is 0.487. The number of nitrogens with zero attached hydrogens (tertiary/aromatic N) is 4. The molecule has 3 heterocycles. The van der Waals surface area contributed by atoms with Crippen molar-refractivity contribution in [2.75, 3.05) is 13.7 Å². The van der Waals surface area contributed by atoms with Crippen molar-refractivity contribution in [3.8, 4) is 0 Å². The Bertz CT molecular complexity index is 754. The van der Waals surface area contributed by atoms with Gasteiger partial charge in [0.1, 0.15) is 11.0 Å². The van der Waals surface area contributed by atoms with E-state index < -0.39 is 0 Å². The Labute approximate surface area is 131 Å². The molecule has 1 fully saturated rings. The average Bonchev–Trinajstić information content (AvgIpc) is 2.88. The zero-order valence-electron chi connectivity index (χ0n) is 12.6. The number of fused-ring (bicyclic) bond motifs is 1. The number of aromatic nitrogens is 3. The van der Waals surface area contributed by atoms with E-state index in [4.69, 9.17) is 4.74 Å². The van der Waals surface area contributed by atoms with Gasteiger partial charge in [0.2, 0.25) is 4.96 Å². The number of ether oxygens (including phenoxy) is 1. The first-order valence-corrected chi connectivity index (χ1v) is 8.08. The molecule has 2 aromatic heterocycles. The molecule has 7 nitrogen and oxygen atoms in total. The maximum atomic E-state index is 12.1. The maximum Gasteiger partial charge on any atom is 0.323 e. The number of hydrogen-bond donors (Lipinski definition) is 0. The van der Waals surface area contributed by atoms with Crippen molar-refractivity contribution in [3.63, 3.8) is 0 Å². The molecule has 0 unspecified atom stereocenters. The molecule has 2 aromatic rings. The molecule has 1 aliphatic rings. The van der Waals surface area contributed by atoms with Gasteiger partial charge in [0.05, 0.1) is 12.8 Å². The number of piperidine rings is 1. The number of carbonyl (C=O) groups excluding carboxylic acids is 1. The minimum atomic E-state index is -0.248. The summed E-state index contributed by atoms with van der Waals surface area (Å²) in [6.07, 6.45) is 2.83. The van der Waals surface area contributed by atoms with Crippen LogP contribution in [-0.2, 0) is 16.1 Å². The molecule has 1 aliphatic heterocycles. The van der Waals surface area contributed by atoms with E-state index in [1.165, 1.54) is 29.0 Å². The van der Waals surface area contributed by atoms with Gasteiger partial charge in [-0.3, -0.25) is 14.5 Å². The predicted octanol–water partition coefficient (Wildman–Crippen LogP) is 0.987. The molecule has 0 spiro atoms. The van der Waals surface area contributed by atoms with Crippen molar-refractivity contribution in [2.45, 2.75) is 38.8 Å². The van der Waals surface area contributed by atoms with Gasteiger partial charge in [0.25, 0.3) is 5.56 Å². The van der Waals surface area contributed by atoms with E-state index in [2.05, 4.69) is 10.1 Å². The highest BCUT2D eigenvalue weighted by atomic mass is 32.1. The Morgan fingerprint density at radius 1 is 1.50 bits per heavy atom. The van der Waals surface area contributed by atoms with E-state index in [1.54, 1.807) is 0 Å². The van der Waals surface area contributed by atoms with Gasteiger partial charge in [-0.25, -0.2) is 4.98 Å². The molecule has 22 heavy (non-hydrogen) atoms. The summed E-state index contributed by atoms with van der Waals surface area (Å²) in [4.78, 5) is 31.1. The standard InChI is InChI=1S/C14H18N4O3S/c1-9-16-18-12(19)7-10(15-14(18)22-9)8-17-6-4-3-5-11(17)13(20)21-2/h7,11H,3-6,8H2,1-2H3/t11-/m0/s1. The van der Waals surface area contributed by atoms with Gasteiger partial charge >= 0.3 is 5.97 Å². The molecule has 0 saturated carbocycles. The van der Waals surface area contributed by atoms with Gasteiger partial charge in [0.15, 0.2) is 0 Å². The van der Waals surface area contributed by atoms with Gasteiger partial charge in [-0.05, 0) is 26.3 Å². The summed E-state index contributed by atoms with van der Waals surface area (Å²) in [5, 5.41) is 4.93. The first kappa shape index (κ1) is 15.1. The van der Waals surface area contributed by atoms with Gasteiger partial charge in [-0.2, -0.15) is 9.61 Å². The first-order chi connectivity index (χ1) is 10.6. The zero-order valence-corrected chi connectivity index (χ0v) is 13.4. The molecule has 1 saturated heterocycles. The van der Waals surface area contributed by atoms with Crippen molar-refractivity contribution in [1.82, 2.24) is 19.5 Å². The van der Waals surface area contributed by atoms with Crippen LogP contribution < -0.4 is 5.56 Å². The minimum Gasteiger partial charge on any atom is -0.468 e. The van der Waals surface area contributed by atoms with Crippen LogP contribution in [0.4, 0.5) is 0 Å². The fourth-order valence-corrected chi connectivity index (χ4v) is 3.59. The second kappa shape index (κ2) is 6.13. The van der Waals surface area contributed by atoms with Crippen LogP contribution in [0.1, 0.15) is 30.0 Å². The molecule has 0 aromatic carbocycles. The lowest BCUT2D eigenvalue weighted by Crippen LogP contribution is -2.44. The monoisotopic (exact) mass is 322 g/mol. The Hall–Kier alpha value is -1.80. The van der Waals surface area contributed by atoms with Crippen LogP contribution >= 0.6 is 11.3 Å². The topological polar surface area (TPSA) is 76.8 Å². The lowest BCUT2D eigenvalue weighted by Gasteiger charge is -2.33. The van der Waals surface area contributed by atoms with Crippen molar-refractivity contribution < 1.29 is 9.53 Å². The van der Waals surface area contributed by atoms with E-state index in [9.17, 15) is 9.59 Å². The quantitative estimate of drug-likeness (QED) is 0.784. The molecular weight excluding hydrogens is 304 g/mol. The second-order valence-corrected chi connectivity index (χ2v) is 6.57. The van der Waals surface area contributed by atoms with Crippen molar-refractivity contribution in [1.29, 1.82) is 0 Å². The first-order valence-electron chi connectivity index (χ1n) is 7.27. The van der Waals surface area contributed by atoms with Crippen molar-refractivity contribution in [3.05, 3.63) is 27.1 Å². The van der Waals surface area contributed by atoms with Crippen LogP contribution in [0.3, 0.4) is 0 Å². The molecule has 1 atom stereocenters. The van der Waals surface area contributed by atoms with Gasteiger partial charge in [-0.1, -0.05) is 17.8 Å². The Kier molecular flexibility index (Phi) is 4.21. The van der Waals surface area contributed by atoms with Crippen LogP contribution in [0.2, 0.25) is 0 Å². The van der Waals surface area contributed by atoms with E-state index in [1.807, 2.05) is 11.8 Å². The fraction of sp³-hybridized carbons (Fsp3) is 0.571. The number of methoxy groups -OCH3 is 1. The van der Waals surface area contributed by atoms with Crippen LogP contribution in [0.15, 0.2) is 10.9 Å². The van der Waals surface area contributed by atoms with Crippen LogP contribution in [0, 0.1) is 6.92 Å². The summed E-state index contributed by atoms with van der Waals surface area (Å²) in [6.45, 7) is 3.13. The molecular formula is C14H18N4O3S. The molecule has 0 N–H and O–H groups in total. The summed E-state index contributed by atoms with van der Waals surface area (Å²) in [5.74, 6) is -0.217. The van der Waals surface area contributed by atoms with Crippen LogP contribution in [0.25, 0.3) is 4.96 Å². The van der Waals surface area contributed by atoms with Crippen molar-refractivity contribution >= 4 is 22.3 Å². The molecule has 0 aliphatic carbocycles. The number of aryl methyl sites for hydroxylation is 1. The third-order valence-corrected chi connectivity index (χ3v) is 4.67. The highest BCUT2D eigenvalue weighted by Gasteiger charge is 2.29. The van der Waals surface area contributed by atoms with Gasteiger partial charge < -0.3 is 4.74 Å². The van der Waals surface area contributed by atoms with E-state index in [-0.39, 0.29) is 17.6 Å². The van der Waals surface area contributed by atoms with E-state index >= 15 is 0 Å². The Balaban J connectivity index is 1.87. The highest BCUT2D eigenvalue weighted by Crippen LogP contribution is 2.20. The lowest BCUT2D eigenvalue weighted by atomic mass is 10.0. The summed E-state index contributed by atoms with van der Waals surface area (Å²) in [6, 6.07) is 1.25. The third kappa shape index (κ3) is 2.89. The summed E-state index contributed by atoms with van der Waals surface area (Å²) in [7, 11) is 1.41. The van der Waals surface area contributed by atoms with E-state index in [0.29, 0.717) is 17.2 Å². The summed E-state index contributed by atoms with van der Waals surface area (Å²) >= 11 is 1.38. The molecule has 0 bridgehead atoms. The lowest BCUT2D eigenvalue weighted by molar-refractivity contribution is -0.148. The molecule has 8 heteroatoms. The predicted molar refractivity (Wildman–Crippen MR) is 81.9 cm³/mol. The van der Waals surface area contributed by atoms with Gasteiger partial charge in [-0.15, -0.1) is 0 Å². The number of hydrogen-bond acceptors (Lipinski definition) is 7. The number of rotatable bonds is 3. The Morgan fingerprint density at radius 2 is 2.32 bits per heavy atom. The minimum absolute atomic E-state index is 0.184. The average molecular weight is 322 g/mol. The number of likely N-dealkylation sites (tertiary alicyclic amines) is 1. The van der Waals surface area contributed by atoms with Crippen molar-refractivity contribution in [2.24, 2.45) is 0 Å². The number of esters is 1. The highest BCUT2D eigenvalue weighted by molar-refractivity contribution is 7.16. The normalized spacial score (nSPS) is 19.5. The maximum absolute atomic E-state index is 12.1. The number of carbonyl (C=O) groups is 1. The van der Waals surface area contributed by atoms with Gasteiger partial charge in [0, 0.05) is 12.6 Å². The largest absolute Gasteiger partial charge is 0.468 e. The Morgan fingerprint density at radius 3 is 3.09 bits per heavy atom. The molecule has 3 rings (SSSR count). The van der Waals surface area contributed by atoms with Crippen LogP contribution in [-0.4, -0.2) is 45.2 Å². The smallest absolute Gasteiger partial charge is 0.323 e. The summed E-state index contributed by atoms with van der Waals surface area (Å²) < 4.78 is 6.20. The third-order valence-electron chi connectivity index (χ3n) is 3.85. The molecule has 0 radical (unpaired) electrons. The molecule has 0 amide bonds. The fourth-order valence-electron chi connectivity index (χ4n) is 2.82. The zero-order chi connectivity index (χ0) is 15.7. The molecule has 118 valence electrons.